The van der Waals surface area contributed by atoms with Crippen molar-refractivity contribution in [1.29, 1.82) is 0 Å². The van der Waals surface area contributed by atoms with Crippen LogP contribution in [-0.4, -0.2) is 33.4 Å². The van der Waals surface area contributed by atoms with Crippen molar-refractivity contribution < 1.29 is 28.5 Å². The van der Waals surface area contributed by atoms with Crippen LogP contribution in [0.1, 0.15) is 39.9 Å². The molecule has 0 unspecified atom stereocenters. The SMILES string of the molecule is COc1ccc(C2(c3ccc(OC)cc3)C=Cc3c(C(=O)OC4CC4)c(OC)c4ccccc4c3O2)cc1. The van der Waals surface area contributed by atoms with Gasteiger partial charge in [0.15, 0.2) is 5.60 Å². The van der Waals surface area contributed by atoms with Gasteiger partial charge in [-0.15, -0.1) is 0 Å². The van der Waals surface area contributed by atoms with Gasteiger partial charge in [0.05, 0.1) is 21.3 Å². The van der Waals surface area contributed by atoms with E-state index in [1.165, 1.54) is 0 Å². The number of methoxy groups -OCH3 is 3. The topological polar surface area (TPSA) is 63.2 Å². The van der Waals surface area contributed by atoms with E-state index in [-0.39, 0.29) is 6.10 Å². The van der Waals surface area contributed by atoms with Crippen molar-refractivity contribution in [2.75, 3.05) is 21.3 Å². The Morgan fingerprint density at radius 2 is 1.37 bits per heavy atom. The van der Waals surface area contributed by atoms with E-state index >= 15 is 0 Å². The largest absolute Gasteiger partial charge is 0.497 e. The molecule has 0 aromatic heterocycles. The van der Waals surface area contributed by atoms with Crippen LogP contribution in [0.2, 0.25) is 0 Å². The molecule has 0 saturated heterocycles. The predicted octanol–water partition coefficient (Wildman–Crippen LogP) is 6.53. The minimum Gasteiger partial charge on any atom is -0.497 e. The molecule has 6 heteroatoms. The van der Waals surface area contributed by atoms with Crippen LogP contribution in [0.4, 0.5) is 0 Å². The maximum absolute atomic E-state index is 13.4. The Hall–Kier alpha value is -4.45. The smallest absolute Gasteiger partial charge is 0.342 e. The van der Waals surface area contributed by atoms with Gasteiger partial charge in [-0.3, -0.25) is 0 Å². The number of hydrogen-bond donors (Lipinski definition) is 0. The number of hydrogen-bond acceptors (Lipinski definition) is 6. The minimum atomic E-state index is -0.972. The van der Waals surface area contributed by atoms with Crippen LogP contribution in [0.15, 0.2) is 78.9 Å². The van der Waals surface area contributed by atoms with E-state index in [9.17, 15) is 4.79 Å². The van der Waals surface area contributed by atoms with Gasteiger partial charge in [-0.2, -0.15) is 0 Å². The molecular weight excluding hydrogens is 480 g/mol. The Labute approximate surface area is 221 Å². The Morgan fingerprint density at radius 3 is 1.89 bits per heavy atom. The summed E-state index contributed by atoms with van der Waals surface area (Å²) in [6.07, 6.45) is 5.66. The average Bonchev–Trinajstić information content (AvgIpc) is 3.80. The van der Waals surface area contributed by atoms with E-state index in [2.05, 4.69) is 0 Å². The number of carbonyl (C=O) groups excluding carboxylic acids is 1. The van der Waals surface area contributed by atoms with Crippen molar-refractivity contribution in [2.24, 2.45) is 0 Å². The number of benzene rings is 4. The Bertz CT molecular complexity index is 1480. The molecule has 1 heterocycles. The van der Waals surface area contributed by atoms with Crippen LogP contribution in [0.5, 0.6) is 23.0 Å². The van der Waals surface area contributed by atoms with Gasteiger partial charge in [0.25, 0.3) is 0 Å². The van der Waals surface area contributed by atoms with Crippen LogP contribution in [0, 0.1) is 0 Å². The van der Waals surface area contributed by atoms with Gasteiger partial charge in [0.1, 0.15) is 34.7 Å². The Balaban J connectivity index is 1.60. The molecule has 0 bridgehead atoms. The van der Waals surface area contributed by atoms with Crippen LogP contribution < -0.4 is 18.9 Å². The molecule has 1 aliphatic heterocycles. The van der Waals surface area contributed by atoms with Crippen molar-refractivity contribution >= 4 is 22.8 Å². The lowest BCUT2D eigenvalue weighted by Gasteiger charge is -2.37. The molecule has 6 rings (SSSR count). The minimum absolute atomic E-state index is 0.0412. The highest BCUT2D eigenvalue weighted by molar-refractivity contribution is 6.09. The second kappa shape index (κ2) is 9.45. The number of rotatable bonds is 7. The highest BCUT2D eigenvalue weighted by atomic mass is 16.6. The third-order valence-electron chi connectivity index (χ3n) is 7.15. The van der Waals surface area contributed by atoms with Gasteiger partial charge in [0.2, 0.25) is 0 Å². The summed E-state index contributed by atoms with van der Waals surface area (Å²) in [5, 5.41) is 1.63. The summed E-state index contributed by atoms with van der Waals surface area (Å²) < 4.78 is 29.4. The summed E-state index contributed by atoms with van der Waals surface area (Å²) >= 11 is 0. The highest BCUT2D eigenvalue weighted by Crippen LogP contribution is 2.50. The van der Waals surface area contributed by atoms with Crippen LogP contribution >= 0.6 is 0 Å². The number of esters is 1. The van der Waals surface area contributed by atoms with Crippen molar-refractivity contribution in [3.63, 3.8) is 0 Å². The molecule has 6 nitrogen and oxygen atoms in total. The predicted molar refractivity (Wildman–Crippen MR) is 145 cm³/mol. The lowest BCUT2D eigenvalue weighted by molar-refractivity contribution is 0.0467. The molecule has 4 aromatic rings. The van der Waals surface area contributed by atoms with E-state index in [4.69, 9.17) is 23.7 Å². The maximum atomic E-state index is 13.4. The van der Waals surface area contributed by atoms with E-state index < -0.39 is 11.6 Å². The summed E-state index contributed by atoms with van der Waals surface area (Å²) in [7, 11) is 4.86. The van der Waals surface area contributed by atoms with Crippen molar-refractivity contribution in [2.45, 2.75) is 24.5 Å². The lowest BCUT2D eigenvalue weighted by atomic mass is 9.82. The first kappa shape index (κ1) is 23.9. The Kier molecular flexibility index (Phi) is 5.95. The standard InChI is InChI=1S/C32H28O6/c1-34-22-12-8-20(9-13-22)32(21-10-14-23(35-2)15-11-21)19-18-27-28(31(33)37-24-16-17-24)30(36-3)26-7-5-4-6-25(26)29(27)38-32/h4-15,18-19,24H,16-17H2,1-3H3. The summed E-state index contributed by atoms with van der Waals surface area (Å²) in [6, 6.07) is 23.4. The molecule has 4 aromatic carbocycles. The molecule has 0 spiro atoms. The van der Waals surface area contributed by atoms with Crippen molar-refractivity contribution in [3.8, 4) is 23.0 Å². The monoisotopic (exact) mass is 508 g/mol. The summed E-state index contributed by atoms with van der Waals surface area (Å²) in [4.78, 5) is 13.4. The van der Waals surface area contributed by atoms with Gasteiger partial charge in [0, 0.05) is 27.5 Å². The quantitative estimate of drug-likeness (QED) is 0.264. The molecule has 0 N–H and O–H groups in total. The van der Waals surface area contributed by atoms with Gasteiger partial charge in [-0.05, 0) is 49.3 Å². The first-order valence-corrected chi connectivity index (χ1v) is 12.6. The molecular formula is C32H28O6. The summed E-state index contributed by atoms with van der Waals surface area (Å²) in [5.74, 6) is 2.18. The van der Waals surface area contributed by atoms with Gasteiger partial charge in [-0.25, -0.2) is 4.79 Å². The molecule has 2 aliphatic rings. The molecule has 192 valence electrons. The molecule has 0 atom stereocenters. The average molecular weight is 509 g/mol. The first-order chi connectivity index (χ1) is 18.6. The van der Waals surface area contributed by atoms with Crippen LogP contribution in [-0.2, 0) is 10.3 Å². The molecule has 0 amide bonds. The summed E-state index contributed by atoms with van der Waals surface area (Å²) in [6.45, 7) is 0. The molecule has 0 radical (unpaired) electrons. The fraction of sp³-hybridized carbons (Fsp3) is 0.219. The normalized spacial score (nSPS) is 15.3. The molecule has 1 fully saturated rings. The van der Waals surface area contributed by atoms with E-state index in [1.807, 2.05) is 84.9 Å². The number of carbonyl (C=O) groups is 1. The molecule has 1 aliphatic carbocycles. The fourth-order valence-corrected chi connectivity index (χ4v) is 5.02. The fourth-order valence-electron chi connectivity index (χ4n) is 5.02. The molecule has 38 heavy (non-hydrogen) atoms. The summed E-state index contributed by atoms with van der Waals surface area (Å²) in [5.41, 5.74) is 1.87. The van der Waals surface area contributed by atoms with Gasteiger partial charge < -0.3 is 23.7 Å². The van der Waals surface area contributed by atoms with Crippen LogP contribution in [0.3, 0.4) is 0 Å². The van der Waals surface area contributed by atoms with Gasteiger partial charge in [-0.1, -0.05) is 48.5 Å². The molecule has 1 saturated carbocycles. The number of fused-ring (bicyclic) bond motifs is 3. The zero-order chi connectivity index (χ0) is 26.3. The van der Waals surface area contributed by atoms with E-state index in [0.717, 1.165) is 46.2 Å². The highest BCUT2D eigenvalue weighted by Gasteiger charge is 2.40. The zero-order valence-electron chi connectivity index (χ0n) is 21.5. The second-order valence-electron chi connectivity index (χ2n) is 9.43. The third kappa shape index (κ3) is 3.93. The first-order valence-electron chi connectivity index (χ1n) is 12.6. The zero-order valence-corrected chi connectivity index (χ0v) is 21.5. The maximum Gasteiger partial charge on any atom is 0.342 e. The third-order valence-corrected chi connectivity index (χ3v) is 7.15. The number of ether oxygens (including phenoxy) is 5. The second-order valence-corrected chi connectivity index (χ2v) is 9.43. The van der Waals surface area contributed by atoms with E-state index in [1.54, 1.807) is 21.3 Å². The van der Waals surface area contributed by atoms with Crippen molar-refractivity contribution in [1.82, 2.24) is 0 Å². The Morgan fingerprint density at radius 1 is 0.789 bits per heavy atom. The van der Waals surface area contributed by atoms with Crippen molar-refractivity contribution in [3.05, 3.63) is 101 Å². The lowest BCUT2D eigenvalue weighted by Crippen LogP contribution is -2.34. The van der Waals surface area contributed by atoms with Crippen LogP contribution in [0.25, 0.3) is 16.8 Å². The van der Waals surface area contributed by atoms with E-state index in [0.29, 0.717) is 22.6 Å². The van der Waals surface area contributed by atoms with Gasteiger partial charge >= 0.3 is 5.97 Å².